The number of hydrogen-bond donors (Lipinski definition) is 1. The molecule has 4 aromatic heterocycles. The molecule has 0 spiro atoms. The van der Waals surface area contributed by atoms with Crippen molar-refractivity contribution in [3.63, 3.8) is 0 Å². The zero-order valence-electron chi connectivity index (χ0n) is 46.8. The SMILES string of the molecule is CC(C)(C)c1ccc(Nc2cc3c(cc2-c2c4c5c(c6cc7c(cc6n5-c5c(sc6ccc(-c8ccccc8)cc56)B4)C(C)(C)CCC7(C)C)c4oc5ccccc5c24)oc2ccc(N(c4ccccc4)c4ccccc4)cc23)cc1. The van der Waals surface area contributed by atoms with Gasteiger partial charge in [-0.05, 0) is 170 Å². The van der Waals surface area contributed by atoms with Crippen LogP contribution in [0, 0.1) is 0 Å². The minimum absolute atomic E-state index is 0.00291. The molecule has 2 aliphatic rings. The van der Waals surface area contributed by atoms with Gasteiger partial charge in [0.2, 0.25) is 7.28 Å². The van der Waals surface area contributed by atoms with Crippen LogP contribution in [0.1, 0.15) is 78.0 Å². The van der Waals surface area contributed by atoms with E-state index in [2.05, 4.69) is 263 Å². The van der Waals surface area contributed by atoms with Crippen molar-refractivity contribution in [3.8, 4) is 27.9 Å². The Balaban J connectivity index is 1.03. The van der Waals surface area contributed by atoms with Gasteiger partial charge in [0.25, 0.3) is 0 Å². The van der Waals surface area contributed by atoms with Crippen molar-refractivity contribution < 1.29 is 8.83 Å². The molecule has 81 heavy (non-hydrogen) atoms. The predicted molar refractivity (Wildman–Crippen MR) is 346 cm³/mol. The second-order valence-corrected chi connectivity index (χ2v) is 26.3. The van der Waals surface area contributed by atoms with E-state index in [1.54, 1.807) is 0 Å². The second kappa shape index (κ2) is 17.4. The zero-order valence-corrected chi connectivity index (χ0v) is 47.6. The van der Waals surface area contributed by atoms with Crippen molar-refractivity contribution >= 4 is 133 Å². The van der Waals surface area contributed by atoms with E-state index >= 15 is 0 Å². The number of para-hydroxylation sites is 3. The summed E-state index contributed by atoms with van der Waals surface area (Å²) >= 11 is 1.94. The summed E-state index contributed by atoms with van der Waals surface area (Å²) in [5.74, 6) is 0. The number of nitrogens with zero attached hydrogens (tertiary/aromatic N) is 2. The molecule has 0 unspecified atom stereocenters. The van der Waals surface area contributed by atoms with Crippen LogP contribution in [0.4, 0.5) is 28.4 Å². The van der Waals surface area contributed by atoms with Gasteiger partial charge >= 0.3 is 0 Å². The largest absolute Gasteiger partial charge is 0.456 e. The fraction of sp³-hybridized carbons (Fsp3) is 0.162. The lowest BCUT2D eigenvalue weighted by Gasteiger charge is -2.42. The number of furan rings is 2. The Labute approximate surface area is 476 Å². The molecule has 0 bridgehead atoms. The molecule has 0 atom stereocenters. The summed E-state index contributed by atoms with van der Waals surface area (Å²) in [5, 5.41) is 12.1. The number of fused-ring (bicyclic) bond motifs is 15. The molecule has 10 aromatic carbocycles. The van der Waals surface area contributed by atoms with E-state index in [1.165, 1.54) is 81.2 Å². The Kier molecular flexibility index (Phi) is 10.3. The van der Waals surface area contributed by atoms with E-state index in [1.807, 2.05) is 11.3 Å². The Bertz CT molecular complexity index is 4860. The molecule has 0 saturated carbocycles. The molecule has 0 fully saturated rings. The third-order valence-electron chi connectivity index (χ3n) is 18.2. The number of rotatable bonds is 7. The van der Waals surface area contributed by atoms with Gasteiger partial charge in [-0.15, -0.1) is 11.3 Å². The summed E-state index contributed by atoms with van der Waals surface area (Å²) in [6, 6.07) is 73.4. The molecular weight excluding hydrogens is 1010 g/mol. The fourth-order valence-corrected chi connectivity index (χ4v) is 15.0. The molecule has 1 aliphatic carbocycles. The van der Waals surface area contributed by atoms with Crippen LogP contribution in [0.25, 0.3) is 104 Å². The first-order valence-corrected chi connectivity index (χ1v) is 29.5. The smallest absolute Gasteiger partial charge is 0.211 e. The van der Waals surface area contributed by atoms with E-state index in [0.717, 1.165) is 98.0 Å². The van der Waals surface area contributed by atoms with Crippen molar-refractivity contribution in [1.82, 2.24) is 4.57 Å². The normalized spacial score (nSPS) is 14.6. The molecule has 392 valence electrons. The average molecular weight is 1070 g/mol. The van der Waals surface area contributed by atoms with Crippen molar-refractivity contribution in [2.24, 2.45) is 0 Å². The number of thiophene rings is 1. The molecule has 5 heterocycles. The number of aromatic nitrogens is 1. The lowest BCUT2D eigenvalue weighted by Crippen LogP contribution is -2.35. The van der Waals surface area contributed by atoms with Gasteiger partial charge in [-0.25, -0.2) is 0 Å². The summed E-state index contributed by atoms with van der Waals surface area (Å²) in [7, 11) is 0.750. The van der Waals surface area contributed by atoms with Gasteiger partial charge in [-0.3, -0.25) is 0 Å². The zero-order chi connectivity index (χ0) is 54.7. The molecular formula is C74H60BN3O2S. The van der Waals surface area contributed by atoms with E-state index in [-0.39, 0.29) is 16.2 Å². The summed E-state index contributed by atoms with van der Waals surface area (Å²) in [6.45, 7) is 16.6. The van der Waals surface area contributed by atoms with E-state index < -0.39 is 0 Å². The van der Waals surface area contributed by atoms with Crippen LogP contribution >= 0.6 is 11.3 Å². The maximum Gasteiger partial charge on any atom is 0.211 e. The minimum Gasteiger partial charge on any atom is -0.456 e. The van der Waals surface area contributed by atoms with E-state index in [9.17, 15) is 0 Å². The Hall–Kier alpha value is -8.78. The first kappa shape index (κ1) is 48.2. The van der Waals surface area contributed by atoms with Crippen molar-refractivity contribution in [3.05, 3.63) is 217 Å². The lowest BCUT2D eigenvalue weighted by molar-refractivity contribution is 0.332. The Morgan fingerprint density at radius 3 is 1.91 bits per heavy atom. The number of hydrogen-bond acceptors (Lipinski definition) is 5. The molecule has 5 nitrogen and oxygen atoms in total. The van der Waals surface area contributed by atoms with Gasteiger partial charge in [0.05, 0.1) is 22.1 Å². The van der Waals surface area contributed by atoms with Gasteiger partial charge in [0.1, 0.15) is 22.3 Å². The lowest BCUT2D eigenvalue weighted by atomic mass is 9.62. The predicted octanol–water partition coefficient (Wildman–Crippen LogP) is 19.7. The highest BCUT2D eigenvalue weighted by atomic mass is 32.1. The van der Waals surface area contributed by atoms with Gasteiger partial charge in [-0.1, -0.05) is 152 Å². The van der Waals surface area contributed by atoms with Crippen LogP contribution in [0.15, 0.2) is 209 Å². The van der Waals surface area contributed by atoms with E-state index in [4.69, 9.17) is 8.83 Å². The van der Waals surface area contributed by atoms with Gasteiger partial charge < -0.3 is 23.6 Å². The standard InChI is InChI=1S/C74H60BN3O2S/c1-72(2,3)45-28-30-46(31-29-45)76-58-40-52-51-38-49(77(47-21-13-9-14-22-47)48-23-15-10-16-24-48)32-33-61(51)79-62(52)41-53(58)64-65-50-25-17-18-26-60(50)80-70(65)66-54-39-56-57(74(6,7)36-35-73(56,4)5)42-59(54)78-68-55-37-44(43-19-11-8-12-20-43)27-34-63(55)81-71(68)75-67(64)69(66)78/h8-34,37-42,75-76H,35-36H2,1-7H3. The fourth-order valence-electron chi connectivity index (χ4n) is 13.8. The summed E-state index contributed by atoms with van der Waals surface area (Å²) in [4.78, 5) is 2.32. The monoisotopic (exact) mass is 1070 g/mol. The highest BCUT2D eigenvalue weighted by Crippen LogP contribution is 2.53. The number of benzene rings is 10. The topological polar surface area (TPSA) is 46.5 Å². The molecule has 16 rings (SSSR count). The van der Waals surface area contributed by atoms with Crippen LogP contribution < -0.4 is 20.5 Å². The summed E-state index contributed by atoms with van der Waals surface area (Å²) < 4.78 is 19.9. The van der Waals surface area contributed by atoms with E-state index in [0.29, 0.717) is 0 Å². The summed E-state index contributed by atoms with van der Waals surface area (Å²) in [5.41, 5.74) is 22.6. The molecule has 14 aromatic rings. The van der Waals surface area contributed by atoms with Crippen LogP contribution in [0.2, 0.25) is 0 Å². The first-order valence-electron chi connectivity index (χ1n) is 28.6. The second-order valence-electron chi connectivity index (χ2n) is 25.2. The van der Waals surface area contributed by atoms with Gasteiger partial charge in [-0.2, -0.15) is 0 Å². The number of nitrogens with one attached hydrogen (secondary N) is 1. The molecule has 1 aliphatic heterocycles. The Morgan fingerprint density at radius 1 is 0.543 bits per heavy atom. The highest BCUT2D eigenvalue weighted by Gasteiger charge is 2.40. The van der Waals surface area contributed by atoms with Crippen LogP contribution in [0.5, 0.6) is 0 Å². The molecule has 1 N–H and O–H groups in total. The molecule has 0 saturated heterocycles. The van der Waals surface area contributed by atoms with Crippen LogP contribution in [0.3, 0.4) is 0 Å². The third-order valence-corrected chi connectivity index (χ3v) is 19.3. The molecule has 0 amide bonds. The molecule has 0 radical (unpaired) electrons. The Morgan fingerprint density at radius 2 is 1.20 bits per heavy atom. The molecule has 7 heteroatoms. The summed E-state index contributed by atoms with van der Waals surface area (Å²) in [6.07, 6.45) is 2.26. The van der Waals surface area contributed by atoms with Crippen LogP contribution in [-0.2, 0) is 16.2 Å². The quantitative estimate of drug-likeness (QED) is 0.162. The highest BCUT2D eigenvalue weighted by molar-refractivity contribution is 7.29. The maximum absolute atomic E-state index is 7.43. The van der Waals surface area contributed by atoms with Crippen LogP contribution in [-0.4, -0.2) is 11.8 Å². The first-order chi connectivity index (χ1) is 39.3. The van der Waals surface area contributed by atoms with Crippen molar-refractivity contribution in [2.45, 2.75) is 77.6 Å². The van der Waals surface area contributed by atoms with Gasteiger partial charge in [0.15, 0.2) is 0 Å². The minimum atomic E-state index is 0.00291. The average Bonchev–Trinajstić information content (AvgIpc) is 1.79. The maximum atomic E-state index is 7.43. The van der Waals surface area contributed by atoms with Gasteiger partial charge in [0, 0.05) is 71.0 Å². The van der Waals surface area contributed by atoms with Crippen molar-refractivity contribution in [2.75, 3.05) is 10.2 Å². The third kappa shape index (κ3) is 7.37. The number of anilines is 5. The van der Waals surface area contributed by atoms with Crippen molar-refractivity contribution in [1.29, 1.82) is 0 Å².